The molecule has 1 N–H and O–H groups in total. The lowest BCUT2D eigenvalue weighted by atomic mass is 10.2. The Morgan fingerprint density at radius 2 is 2.26 bits per heavy atom. The van der Waals surface area contributed by atoms with Gasteiger partial charge < -0.3 is 14.8 Å². The van der Waals surface area contributed by atoms with Gasteiger partial charge in [0.25, 0.3) is 0 Å². The Hall–Kier alpha value is -1.52. The number of carbonyl (C=O) groups excluding carboxylic acids is 1. The fourth-order valence-corrected chi connectivity index (χ4v) is 1.88. The topological polar surface area (TPSA) is 47.6 Å². The van der Waals surface area contributed by atoms with E-state index in [2.05, 4.69) is 11.9 Å². The molecule has 5 heteroatoms. The van der Waals surface area contributed by atoms with Gasteiger partial charge in [0, 0.05) is 12.8 Å². The van der Waals surface area contributed by atoms with Crippen molar-refractivity contribution in [3.8, 4) is 5.75 Å². The van der Waals surface area contributed by atoms with Gasteiger partial charge >= 0.3 is 0 Å². The molecule has 0 radical (unpaired) electrons. The SMILES string of the molecule is C=C1CC1C(=O)Nc1ccc(OCCOC)c(Cl)c1. The van der Waals surface area contributed by atoms with Crippen LogP contribution in [-0.2, 0) is 9.53 Å². The smallest absolute Gasteiger partial charge is 0.231 e. The van der Waals surface area contributed by atoms with Crippen molar-refractivity contribution in [1.29, 1.82) is 0 Å². The van der Waals surface area contributed by atoms with Crippen LogP contribution in [-0.4, -0.2) is 26.2 Å². The average molecular weight is 282 g/mol. The lowest BCUT2D eigenvalue weighted by Gasteiger charge is -2.10. The fourth-order valence-electron chi connectivity index (χ4n) is 1.64. The highest BCUT2D eigenvalue weighted by Gasteiger charge is 2.34. The molecule has 0 spiro atoms. The van der Waals surface area contributed by atoms with Crippen molar-refractivity contribution in [3.05, 3.63) is 35.4 Å². The first kappa shape index (κ1) is 13.9. The molecule has 1 fully saturated rings. The summed E-state index contributed by atoms with van der Waals surface area (Å²) in [7, 11) is 1.61. The molecule has 0 aliphatic heterocycles. The first-order chi connectivity index (χ1) is 9.11. The predicted molar refractivity (Wildman–Crippen MR) is 74.7 cm³/mol. The van der Waals surface area contributed by atoms with E-state index in [0.29, 0.717) is 29.7 Å². The van der Waals surface area contributed by atoms with Crippen molar-refractivity contribution in [2.45, 2.75) is 6.42 Å². The van der Waals surface area contributed by atoms with Gasteiger partial charge in [0.05, 0.1) is 17.5 Å². The molecule has 102 valence electrons. The summed E-state index contributed by atoms with van der Waals surface area (Å²) < 4.78 is 10.3. The molecule has 19 heavy (non-hydrogen) atoms. The van der Waals surface area contributed by atoms with Crippen LogP contribution in [0, 0.1) is 5.92 Å². The third kappa shape index (κ3) is 3.72. The normalized spacial score (nSPS) is 17.2. The third-order valence-electron chi connectivity index (χ3n) is 2.86. The summed E-state index contributed by atoms with van der Waals surface area (Å²) in [5.74, 6) is 0.498. The molecule has 1 aliphatic carbocycles. The standard InChI is InChI=1S/C14H16ClNO3/c1-9-7-11(9)14(17)16-10-3-4-13(12(15)8-10)19-6-5-18-2/h3-4,8,11H,1,5-7H2,2H3,(H,16,17). The largest absolute Gasteiger partial charge is 0.490 e. The molecule has 1 aromatic rings. The van der Waals surface area contributed by atoms with Crippen LogP contribution in [0.5, 0.6) is 5.75 Å². The maximum absolute atomic E-state index is 11.7. The molecule has 2 rings (SSSR count). The molecule has 4 nitrogen and oxygen atoms in total. The van der Waals surface area contributed by atoms with Crippen LogP contribution in [0.1, 0.15) is 6.42 Å². The summed E-state index contributed by atoms with van der Waals surface area (Å²) >= 11 is 6.08. The molecule has 1 aliphatic rings. The first-order valence-electron chi connectivity index (χ1n) is 6.01. The molecular weight excluding hydrogens is 266 g/mol. The molecule has 0 heterocycles. The second-order valence-corrected chi connectivity index (χ2v) is 4.80. The van der Waals surface area contributed by atoms with E-state index in [-0.39, 0.29) is 11.8 Å². The van der Waals surface area contributed by atoms with E-state index in [0.717, 1.165) is 12.0 Å². The minimum atomic E-state index is -0.0450. The Morgan fingerprint density at radius 3 is 2.84 bits per heavy atom. The van der Waals surface area contributed by atoms with E-state index < -0.39 is 0 Å². The zero-order valence-corrected chi connectivity index (χ0v) is 11.5. The van der Waals surface area contributed by atoms with Crippen molar-refractivity contribution in [1.82, 2.24) is 0 Å². The number of hydrogen-bond acceptors (Lipinski definition) is 3. The zero-order valence-electron chi connectivity index (χ0n) is 10.7. The molecule has 1 aromatic carbocycles. The second-order valence-electron chi connectivity index (χ2n) is 4.39. The fraction of sp³-hybridized carbons (Fsp3) is 0.357. The quantitative estimate of drug-likeness (QED) is 0.644. The van der Waals surface area contributed by atoms with E-state index in [9.17, 15) is 4.79 Å². The summed E-state index contributed by atoms with van der Waals surface area (Å²) in [4.78, 5) is 11.7. The lowest BCUT2D eigenvalue weighted by molar-refractivity contribution is -0.117. The van der Waals surface area contributed by atoms with Gasteiger partial charge in [-0.05, 0) is 24.6 Å². The molecule has 0 bridgehead atoms. The maximum atomic E-state index is 11.7. The lowest BCUT2D eigenvalue weighted by Crippen LogP contribution is -2.13. The number of amides is 1. The third-order valence-corrected chi connectivity index (χ3v) is 3.16. The van der Waals surface area contributed by atoms with Crippen LogP contribution in [0.4, 0.5) is 5.69 Å². The van der Waals surface area contributed by atoms with Crippen LogP contribution in [0.3, 0.4) is 0 Å². The van der Waals surface area contributed by atoms with Gasteiger partial charge in [-0.3, -0.25) is 4.79 Å². The summed E-state index contributed by atoms with van der Waals surface area (Å²) in [6.07, 6.45) is 0.776. The van der Waals surface area contributed by atoms with Crippen LogP contribution in [0.2, 0.25) is 5.02 Å². The van der Waals surface area contributed by atoms with Crippen molar-refractivity contribution < 1.29 is 14.3 Å². The zero-order chi connectivity index (χ0) is 13.8. The van der Waals surface area contributed by atoms with Crippen molar-refractivity contribution in [3.63, 3.8) is 0 Å². The Labute approximate surface area is 117 Å². The van der Waals surface area contributed by atoms with Gasteiger partial charge in [-0.25, -0.2) is 0 Å². The second kappa shape index (κ2) is 6.08. The number of methoxy groups -OCH3 is 1. The Balaban J connectivity index is 1.94. The van der Waals surface area contributed by atoms with Gasteiger partial charge in [-0.1, -0.05) is 23.8 Å². The average Bonchev–Trinajstić information content (AvgIpc) is 3.09. The summed E-state index contributed by atoms with van der Waals surface area (Å²) in [6.45, 7) is 4.70. The van der Waals surface area contributed by atoms with E-state index in [1.165, 1.54) is 0 Å². The van der Waals surface area contributed by atoms with E-state index in [1.807, 2.05) is 0 Å². The summed E-state index contributed by atoms with van der Waals surface area (Å²) in [5.41, 5.74) is 1.64. The monoisotopic (exact) mass is 281 g/mol. The van der Waals surface area contributed by atoms with Gasteiger partial charge in [0.2, 0.25) is 5.91 Å². The molecular formula is C14H16ClNO3. The Kier molecular flexibility index (Phi) is 4.45. The number of benzene rings is 1. The molecule has 0 aromatic heterocycles. The number of rotatable bonds is 6. The van der Waals surface area contributed by atoms with Gasteiger partial charge in [-0.15, -0.1) is 0 Å². The highest BCUT2D eigenvalue weighted by Crippen LogP contribution is 2.37. The number of carbonyl (C=O) groups is 1. The highest BCUT2D eigenvalue weighted by molar-refractivity contribution is 6.32. The molecule has 1 atom stereocenters. The highest BCUT2D eigenvalue weighted by atomic mass is 35.5. The minimum Gasteiger partial charge on any atom is -0.490 e. The molecule has 1 unspecified atom stereocenters. The first-order valence-corrected chi connectivity index (χ1v) is 6.39. The number of nitrogens with one attached hydrogen (secondary N) is 1. The summed E-state index contributed by atoms with van der Waals surface area (Å²) in [6, 6.07) is 5.17. The van der Waals surface area contributed by atoms with Crippen LogP contribution in [0.15, 0.2) is 30.4 Å². The molecule has 1 saturated carbocycles. The maximum Gasteiger partial charge on any atom is 0.231 e. The summed E-state index contributed by atoms with van der Waals surface area (Å²) in [5, 5.41) is 3.27. The minimum absolute atomic E-state index is 0.0332. The van der Waals surface area contributed by atoms with E-state index >= 15 is 0 Å². The van der Waals surface area contributed by atoms with Crippen LogP contribution in [0.25, 0.3) is 0 Å². The Morgan fingerprint density at radius 1 is 1.53 bits per heavy atom. The Bertz CT molecular complexity index is 501. The number of anilines is 1. The van der Waals surface area contributed by atoms with Crippen molar-refractivity contribution >= 4 is 23.2 Å². The number of ether oxygens (including phenoxy) is 2. The van der Waals surface area contributed by atoms with E-state index in [4.69, 9.17) is 21.1 Å². The predicted octanol–water partition coefficient (Wildman–Crippen LogP) is 2.88. The molecule has 0 saturated heterocycles. The van der Waals surface area contributed by atoms with Crippen LogP contribution >= 0.6 is 11.6 Å². The van der Waals surface area contributed by atoms with Crippen molar-refractivity contribution in [2.75, 3.05) is 25.6 Å². The van der Waals surface area contributed by atoms with Gasteiger partial charge in [0.15, 0.2) is 0 Å². The van der Waals surface area contributed by atoms with Crippen LogP contribution < -0.4 is 10.1 Å². The van der Waals surface area contributed by atoms with E-state index in [1.54, 1.807) is 25.3 Å². The number of hydrogen-bond donors (Lipinski definition) is 1. The van der Waals surface area contributed by atoms with Gasteiger partial charge in [-0.2, -0.15) is 0 Å². The molecule has 1 amide bonds. The van der Waals surface area contributed by atoms with Crippen molar-refractivity contribution in [2.24, 2.45) is 5.92 Å². The number of halogens is 1. The van der Waals surface area contributed by atoms with Gasteiger partial charge in [0.1, 0.15) is 12.4 Å².